The molecule has 4 aromatic rings. The van der Waals surface area contributed by atoms with Crippen molar-refractivity contribution in [3.63, 3.8) is 0 Å². The van der Waals surface area contributed by atoms with Gasteiger partial charge in [-0.15, -0.1) is 0 Å². The van der Waals surface area contributed by atoms with Crippen LogP contribution in [0.2, 0.25) is 0 Å². The van der Waals surface area contributed by atoms with Gasteiger partial charge in [0.2, 0.25) is 0 Å². The van der Waals surface area contributed by atoms with Crippen LogP contribution in [0.25, 0.3) is 0 Å². The summed E-state index contributed by atoms with van der Waals surface area (Å²) in [5.41, 5.74) is 7.59. The van der Waals surface area contributed by atoms with Crippen LogP contribution >= 0.6 is 0 Å². The van der Waals surface area contributed by atoms with E-state index in [0.29, 0.717) is 41.7 Å². The molecule has 0 unspecified atom stereocenters. The van der Waals surface area contributed by atoms with Gasteiger partial charge in [-0.25, -0.2) is 0 Å². The van der Waals surface area contributed by atoms with Gasteiger partial charge in [0, 0.05) is 40.8 Å². The standard InChI is InChI=1S/C11H18N2.C10H15NO2.C9H14N2O.C9H13NO/c1-9(2)11-7-8-12-13(11)10-5-3-4-6-10;1-7(2)8-4-13-11-9(8)10(3)5-12-6-10;1-7(2)9-3-4-10-11(9)8-5-12-6-8;1-6(2)8-5-11-10-9(8)7-3-4-7/h7-10H,3-6H2,1-2H3;4,7H,5-6H2,1-3H3;3-4,7-8H,5-6H2,1-2H3;5-7H,3-4H2,1-2H3. The minimum absolute atomic E-state index is 0.0899. The maximum Gasteiger partial charge on any atom is 0.127 e. The number of nitrogens with zero attached hydrogens (tertiary/aromatic N) is 6. The number of hydrogen-bond donors (Lipinski definition) is 0. The summed E-state index contributed by atoms with van der Waals surface area (Å²) in [7, 11) is 0. The van der Waals surface area contributed by atoms with E-state index in [1.807, 2.05) is 12.4 Å². The van der Waals surface area contributed by atoms with Crippen LogP contribution in [0.3, 0.4) is 0 Å². The van der Waals surface area contributed by atoms with E-state index in [0.717, 1.165) is 32.1 Å². The second kappa shape index (κ2) is 16.6. The summed E-state index contributed by atoms with van der Waals surface area (Å²) >= 11 is 0. The van der Waals surface area contributed by atoms with E-state index in [-0.39, 0.29) is 5.41 Å². The zero-order chi connectivity index (χ0) is 35.1. The van der Waals surface area contributed by atoms with E-state index in [4.69, 9.17) is 18.5 Å². The number of rotatable bonds is 8. The Morgan fingerprint density at radius 3 is 1.63 bits per heavy atom. The average Bonchev–Trinajstić information content (AvgIpc) is 3.67. The molecule has 4 aromatic heterocycles. The molecule has 10 heteroatoms. The molecular formula is C39H60N6O4. The van der Waals surface area contributed by atoms with E-state index in [9.17, 15) is 0 Å². The van der Waals surface area contributed by atoms with Crippen LogP contribution in [0.15, 0.2) is 46.1 Å². The maximum atomic E-state index is 5.21. The van der Waals surface area contributed by atoms with Gasteiger partial charge in [-0.3, -0.25) is 9.36 Å². The lowest BCUT2D eigenvalue weighted by atomic mass is 9.81. The Labute approximate surface area is 293 Å². The van der Waals surface area contributed by atoms with Gasteiger partial charge >= 0.3 is 0 Å². The maximum absolute atomic E-state index is 5.21. The molecule has 0 amide bonds. The van der Waals surface area contributed by atoms with Crippen molar-refractivity contribution in [3.05, 3.63) is 71.0 Å². The van der Waals surface area contributed by atoms with Crippen molar-refractivity contribution in [1.82, 2.24) is 29.9 Å². The largest absolute Gasteiger partial charge is 0.379 e. The molecule has 2 aliphatic carbocycles. The lowest BCUT2D eigenvalue weighted by Gasteiger charge is -2.37. The summed E-state index contributed by atoms with van der Waals surface area (Å²) in [6, 6.07) is 5.41. The molecule has 10 nitrogen and oxygen atoms in total. The second-order valence-corrected chi connectivity index (χ2v) is 15.8. The summed E-state index contributed by atoms with van der Waals surface area (Å²) in [4.78, 5) is 0. The van der Waals surface area contributed by atoms with Crippen LogP contribution in [0.5, 0.6) is 0 Å². The van der Waals surface area contributed by atoms with Crippen LogP contribution in [0.1, 0.15) is 176 Å². The Hall–Kier alpha value is -3.24. The number of aromatic nitrogens is 6. The van der Waals surface area contributed by atoms with E-state index in [1.165, 1.54) is 66.7 Å². The highest BCUT2D eigenvalue weighted by molar-refractivity contribution is 5.28. The van der Waals surface area contributed by atoms with E-state index in [2.05, 4.69) is 104 Å². The molecule has 0 radical (unpaired) electrons. The van der Waals surface area contributed by atoms with Gasteiger partial charge in [-0.2, -0.15) is 10.2 Å². The van der Waals surface area contributed by atoms with Crippen molar-refractivity contribution in [2.75, 3.05) is 26.4 Å². The first-order valence-corrected chi connectivity index (χ1v) is 18.6. The van der Waals surface area contributed by atoms with Crippen molar-refractivity contribution < 1.29 is 18.5 Å². The summed E-state index contributed by atoms with van der Waals surface area (Å²) in [6.07, 6.45) is 15.3. The summed E-state index contributed by atoms with van der Waals surface area (Å²) in [5.74, 6) is 2.89. The lowest BCUT2D eigenvalue weighted by Crippen LogP contribution is -2.44. The predicted octanol–water partition coefficient (Wildman–Crippen LogP) is 9.46. The molecule has 4 fully saturated rings. The molecule has 4 aliphatic rings. The van der Waals surface area contributed by atoms with Gasteiger partial charge in [0.05, 0.1) is 55.3 Å². The van der Waals surface area contributed by atoms with Gasteiger partial charge in [-0.05, 0) is 68.4 Å². The molecular weight excluding hydrogens is 616 g/mol. The predicted molar refractivity (Wildman–Crippen MR) is 191 cm³/mol. The van der Waals surface area contributed by atoms with Gasteiger partial charge in [0.1, 0.15) is 12.5 Å². The zero-order valence-corrected chi connectivity index (χ0v) is 31.4. The second-order valence-electron chi connectivity index (χ2n) is 15.8. The Bertz CT molecular complexity index is 1530. The lowest BCUT2D eigenvalue weighted by molar-refractivity contribution is -0.0537. The molecule has 2 saturated heterocycles. The third-order valence-corrected chi connectivity index (χ3v) is 10.1. The minimum atomic E-state index is 0.0899. The van der Waals surface area contributed by atoms with Crippen molar-refractivity contribution in [2.24, 2.45) is 0 Å². The van der Waals surface area contributed by atoms with Crippen molar-refractivity contribution in [1.29, 1.82) is 0 Å². The van der Waals surface area contributed by atoms with Crippen molar-refractivity contribution in [3.8, 4) is 0 Å². The number of ether oxygens (including phenoxy) is 2. The molecule has 0 atom stereocenters. The van der Waals surface area contributed by atoms with Crippen molar-refractivity contribution >= 4 is 0 Å². The third kappa shape index (κ3) is 9.11. The Balaban J connectivity index is 0.000000128. The van der Waals surface area contributed by atoms with Gasteiger partial charge in [-0.1, -0.05) is 78.5 Å². The SMILES string of the molecule is CC(C)c1ccnn1C1CCCC1.CC(C)c1ccnn1C1COC1.CC(C)c1conc1C1(C)COC1.CC(C)c1conc1C1CC1. The monoisotopic (exact) mass is 676 g/mol. The molecule has 2 saturated carbocycles. The molecule has 8 rings (SSSR count). The highest BCUT2D eigenvalue weighted by atomic mass is 16.5. The fourth-order valence-corrected chi connectivity index (χ4v) is 6.70. The first-order chi connectivity index (χ1) is 23.5. The number of hydrogen-bond acceptors (Lipinski definition) is 8. The van der Waals surface area contributed by atoms with Crippen LogP contribution < -0.4 is 0 Å². The highest BCUT2D eigenvalue weighted by Crippen LogP contribution is 2.42. The quantitative estimate of drug-likeness (QED) is 0.182. The molecule has 0 bridgehead atoms. The van der Waals surface area contributed by atoms with Gasteiger partial charge in [0.15, 0.2) is 0 Å². The summed E-state index contributed by atoms with van der Waals surface area (Å²) < 4.78 is 24.7. The van der Waals surface area contributed by atoms with Crippen LogP contribution in [0, 0.1) is 0 Å². The van der Waals surface area contributed by atoms with Gasteiger partial charge in [0.25, 0.3) is 0 Å². The first-order valence-electron chi connectivity index (χ1n) is 18.6. The molecule has 49 heavy (non-hydrogen) atoms. The molecule has 0 aromatic carbocycles. The Kier molecular flexibility index (Phi) is 12.6. The Morgan fingerprint density at radius 1 is 0.653 bits per heavy atom. The average molecular weight is 677 g/mol. The molecule has 6 heterocycles. The van der Waals surface area contributed by atoms with Crippen LogP contribution in [-0.4, -0.2) is 56.3 Å². The fourth-order valence-electron chi connectivity index (χ4n) is 6.70. The van der Waals surface area contributed by atoms with Gasteiger partial charge < -0.3 is 18.5 Å². The normalized spacial score (nSPS) is 18.8. The summed E-state index contributed by atoms with van der Waals surface area (Å²) in [6.45, 7) is 22.8. The first kappa shape index (κ1) is 37.0. The smallest absolute Gasteiger partial charge is 0.127 e. The third-order valence-electron chi connectivity index (χ3n) is 10.1. The molecule has 0 N–H and O–H groups in total. The minimum Gasteiger partial charge on any atom is -0.379 e. The van der Waals surface area contributed by atoms with Crippen LogP contribution in [0.4, 0.5) is 0 Å². The van der Waals surface area contributed by atoms with E-state index >= 15 is 0 Å². The van der Waals surface area contributed by atoms with E-state index < -0.39 is 0 Å². The molecule has 0 spiro atoms. The molecule has 2 aliphatic heterocycles. The Morgan fingerprint density at radius 2 is 1.18 bits per heavy atom. The fraction of sp³-hybridized carbons (Fsp3) is 0.692. The highest BCUT2D eigenvalue weighted by Gasteiger charge is 2.40. The van der Waals surface area contributed by atoms with Crippen LogP contribution in [-0.2, 0) is 14.9 Å². The van der Waals surface area contributed by atoms with Crippen molar-refractivity contribution in [2.45, 2.75) is 148 Å². The topological polar surface area (TPSA) is 106 Å². The van der Waals surface area contributed by atoms with E-state index in [1.54, 1.807) is 12.5 Å². The zero-order valence-electron chi connectivity index (χ0n) is 31.4. The molecule has 270 valence electrons. The summed E-state index contributed by atoms with van der Waals surface area (Å²) in [5, 5.41) is 16.8.